The number of nitrogens with one attached hydrogen (secondary N) is 2. The van der Waals surface area contributed by atoms with E-state index < -0.39 is 11.7 Å². The van der Waals surface area contributed by atoms with Gasteiger partial charge in [-0.25, -0.2) is 9.98 Å². The molecule has 1 unspecified atom stereocenters. The van der Waals surface area contributed by atoms with Crippen LogP contribution in [0.4, 0.5) is 13.2 Å². The van der Waals surface area contributed by atoms with E-state index in [-0.39, 0.29) is 12.7 Å². The Morgan fingerprint density at radius 3 is 2.24 bits per heavy atom. The van der Waals surface area contributed by atoms with Crippen LogP contribution < -0.4 is 16.4 Å². The second-order valence-electron chi connectivity index (χ2n) is 7.42. The molecule has 1 aromatic rings. The topological polar surface area (TPSA) is 74.8 Å². The molecule has 8 heteroatoms. The van der Waals surface area contributed by atoms with Crippen LogP contribution in [-0.2, 0) is 12.7 Å². The SMILES string of the molecule is CCCCCCCCCCC1N=C(N)NC(=NCc2ccc(C(F)(F)F)cc2)N1. The fourth-order valence-corrected chi connectivity index (χ4v) is 3.21. The Balaban J connectivity index is 1.74. The number of aliphatic imine (C=N–C) groups is 2. The van der Waals surface area contributed by atoms with Gasteiger partial charge in [-0.3, -0.25) is 5.32 Å². The van der Waals surface area contributed by atoms with Crippen molar-refractivity contribution in [3.05, 3.63) is 35.4 Å². The van der Waals surface area contributed by atoms with Crippen molar-refractivity contribution in [2.45, 2.75) is 83.6 Å². The minimum atomic E-state index is -4.33. The van der Waals surface area contributed by atoms with E-state index in [0.29, 0.717) is 17.5 Å². The number of alkyl halides is 3. The number of unbranched alkanes of at least 4 members (excludes halogenated alkanes) is 7. The van der Waals surface area contributed by atoms with Gasteiger partial charge < -0.3 is 11.1 Å². The summed E-state index contributed by atoms with van der Waals surface area (Å²) in [5.41, 5.74) is 5.87. The number of nitrogens with zero attached hydrogens (tertiary/aromatic N) is 2. The second-order valence-corrected chi connectivity index (χ2v) is 7.42. The summed E-state index contributed by atoms with van der Waals surface area (Å²) in [6.07, 6.45) is 6.40. The standard InChI is InChI=1S/C21H32F3N5/c1-2-3-4-5-6-7-8-9-10-18-27-19(25)29-20(28-18)26-15-16-11-13-17(14-12-16)21(22,23)24/h11-14,18H,2-10,15H2,1H3,(H4,25,26,27,28,29). The van der Waals surface area contributed by atoms with Crippen molar-refractivity contribution in [3.8, 4) is 0 Å². The van der Waals surface area contributed by atoms with E-state index in [1.165, 1.54) is 57.1 Å². The highest BCUT2D eigenvalue weighted by atomic mass is 19.4. The smallest absolute Gasteiger partial charge is 0.370 e. The van der Waals surface area contributed by atoms with Gasteiger partial charge in [0.1, 0.15) is 6.17 Å². The molecule has 29 heavy (non-hydrogen) atoms. The third kappa shape index (κ3) is 8.75. The number of nitrogens with two attached hydrogens (primary N) is 1. The van der Waals surface area contributed by atoms with Crippen molar-refractivity contribution in [1.82, 2.24) is 10.6 Å². The molecule has 0 radical (unpaired) electrons. The van der Waals surface area contributed by atoms with Gasteiger partial charge >= 0.3 is 6.18 Å². The van der Waals surface area contributed by atoms with E-state index in [4.69, 9.17) is 5.73 Å². The Bertz CT molecular complexity index is 668. The molecule has 1 aliphatic rings. The summed E-state index contributed by atoms with van der Waals surface area (Å²) in [7, 11) is 0. The second kappa shape index (κ2) is 11.7. The largest absolute Gasteiger partial charge is 0.416 e. The molecule has 2 rings (SSSR count). The molecule has 4 N–H and O–H groups in total. The lowest BCUT2D eigenvalue weighted by molar-refractivity contribution is -0.137. The van der Waals surface area contributed by atoms with E-state index >= 15 is 0 Å². The van der Waals surface area contributed by atoms with Crippen molar-refractivity contribution < 1.29 is 13.2 Å². The van der Waals surface area contributed by atoms with E-state index in [1.807, 2.05) is 0 Å². The summed E-state index contributed by atoms with van der Waals surface area (Å²) in [6.45, 7) is 2.48. The van der Waals surface area contributed by atoms with Crippen molar-refractivity contribution >= 4 is 11.9 Å². The molecule has 1 aromatic carbocycles. The van der Waals surface area contributed by atoms with Crippen LogP contribution >= 0.6 is 0 Å². The summed E-state index contributed by atoms with van der Waals surface area (Å²) >= 11 is 0. The molecule has 0 saturated heterocycles. The maximum atomic E-state index is 12.6. The summed E-state index contributed by atoms with van der Waals surface area (Å²) in [5, 5.41) is 6.07. The first kappa shape index (κ1) is 23.0. The Morgan fingerprint density at radius 2 is 1.62 bits per heavy atom. The lowest BCUT2D eigenvalue weighted by Gasteiger charge is -2.24. The van der Waals surface area contributed by atoms with E-state index in [0.717, 1.165) is 25.0 Å². The van der Waals surface area contributed by atoms with E-state index in [1.54, 1.807) is 0 Å². The normalized spacial score (nSPS) is 18.3. The number of guanidine groups is 2. The predicted molar refractivity (Wildman–Crippen MR) is 111 cm³/mol. The molecule has 162 valence electrons. The number of benzene rings is 1. The Labute approximate surface area is 171 Å². The van der Waals surface area contributed by atoms with Crippen LogP contribution in [-0.4, -0.2) is 18.1 Å². The van der Waals surface area contributed by atoms with Gasteiger partial charge in [0.2, 0.25) is 0 Å². The average molecular weight is 412 g/mol. The maximum Gasteiger partial charge on any atom is 0.416 e. The van der Waals surface area contributed by atoms with Crippen LogP contribution in [0.3, 0.4) is 0 Å². The van der Waals surface area contributed by atoms with Gasteiger partial charge in [0.15, 0.2) is 11.9 Å². The highest BCUT2D eigenvalue weighted by molar-refractivity contribution is 5.99. The lowest BCUT2D eigenvalue weighted by Crippen LogP contribution is -2.53. The zero-order chi connectivity index (χ0) is 21.1. The highest BCUT2D eigenvalue weighted by Crippen LogP contribution is 2.29. The van der Waals surface area contributed by atoms with E-state index in [9.17, 15) is 13.2 Å². The third-order valence-electron chi connectivity index (χ3n) is 4.88. The maximum absolute atomic E-state index is 12.6. The Hall–Kier alpha value is -2.25. The van der Waals surface area contributed by atoms with Crippen LogP contribution in [0.2, 0.25) is 0 Å². The first-order valence-corrected chi connectivity index (χ1v) is 10.5. The lowest BCUT2D eigenvalue weighted by atomic mass is 10.1. The molecule has 0 amide bonds. The van der Waals surface area contributed by atoms with Crippen molar-refractivity contribution in [2.24, 2.45) is 15.7 Å². The number of hydrogen-bond acceptors (Lipinski definition) is 3. The molecule has 0 saturated carbocycles. The molecule has 1 aliphatic heterocycles. The molecular formula is C21H32F3N5. The van der Waals surface area contributed by atoms with Crippen LogP contribution in [0.1, 0.15) is 75.8 Å². The summed E-state index contributed by atoms with van der Waals surface area (Å²) in [6, 6.07) is 5.01. The predicted octanol–water partition coefficient (Wildman–Crippen LogP) is 4.93. The van der Waals surface area contributed by atoms with Crippen molar-refractivity contribution in [1.29, 1.82) is 0 Å². The van der Waals surface area contributed by atoms with Gasteiger partial charge in [-0.05, 0) is 30.5 Å². The average Bonchev–Trinajstić information content (AvgIpc) is 2.68. The van der Waals surface area contributed by atoms with Crippen LogP contribution in [0.5, 0.6) is 0 Å². The van der Waals surface area contributed by atoms with Gasteiger partial charge in [-0.1, -0.05) is 64.0 Å². The monoisotopic (exact) mass is 411 g/mol. The quantitative estimate of drug-likeness (QED) is 0.452. The molecule has 5 nitrogen and oxygen atoms in total. The molecule has 1 atom stereocenters. The molecule has 0 aromatic heterocycles. The van der Waals surface area contributed by atoms with Gasteiger partial charge in [0, 0.05) is 0 Å². The van der Waals surface area contributed by atoms with Crippen LogP contribution in [0.15, 0.2) is 34.3 Å². The zero-order valence-corrected chi connectivity index (χ0v) is 17.1. The van der Waals surface area contributed by atoms with Crippen molar-refractivity contribution in [2.75, 3.05) is 0 Å². The number of rotatable bonds is 11. The molecule has 0 aliphatic carbocycles. The molecule has 0 spiro atoms. The molecule has 1 heterocycles. The third-order valence-corrected chi connectivity index (χ3v) is 4.88. The van der Waals surface area contributed by atoms with Gasteiger partial charge in [-0.2, -0.15) is 13.2 Å². The Morgan fingerprint density at radius 1 is 1.00 bits per heavy atom. The van der Waals surface area contributed by atoms with Crippen molar-refractivity contribution in [3.63, 3.8) is 0 Å². The van der Waals surface area contributed by atoms with Gasteiger partial charge in [-0.15, -0.1) is 0 Å². The highest BCUT2D eigenvalue weighted by Gasteiger charge is 2.29. The number of hydrogen-bond donors (Lipinski definition) is 3. The summed E-state index contributed by atoms with van der Waals surface area (Å²) in [4.78, 5) is 8.74. The fraction of sp³-hybridized carbons (Fsp3) is 0.619. The minimum absolute atomic E-state index is 0.123. The fourth-order valence-electron chi connectivity index (χ4n) is 3.21. The van der Waals surface area contributed by atoms with Crippen LogP contribution in [0, 0.1) is 0 Å². The molecule has 0 bridgehead atoms. The molecular weight excluding hydrogens is 379 g/mol. The first-order chi connectivity index (χ1) is 13.9. The van der Waals surface area contributed by atoms with Gasteiger partial charge in [0.25, 0.3) is 0 Å². The molecule has 0 fully saturated rings. The van der Waals surface area contributed by atoms with Crippen LogP contribution in [0.25, 0.3) is 0 Å². The number of halogens is 3. The summed E-state index contributed by atoms with van der Waals surface area (Å²) in [5.74, 6) is 0.807. The Kier molecular flexibility index (Phi) is 9.28. The zero-order valence-electron chi connectivity index (χ0n) is 17.1. The first-order valence-electron chi connectivity index (χ1n) is 10.5. The van der Waals surface area contributed by atoms with Gasteiger partial charge in [0.05, 0.1) is 12.1 Å². The van der Waals surface area contributed by atoms with E-state index in [2.05, 4.69) is 27.5 Å². The summed E-state index contributed by atoms with van der Waals surface area (Å²) < 4.78 is 37.9. The minimum Gasteiger partial charge on any atom is -0.370 e.